The highest BCUT2D eigenvalue weighted by Crippen LogP contribution is 2.55. The van der Waals surface area contributed by atoms with Crippen LogP contribution in [0, 0.1) is 12.3 Å². The third-order valence-corrected chi connectivity index (χ3v) is 6.04. The van der Waals surface area contributed by atoms with E-state index in [0.29, 0.717) is 10.2 Å². The fourth-order valence-electron chi connectivity index (χ4n) is 3.35. The second-order valence-electron chi connectivity index (χ2n) is 5.76. The van der Waals surface area contributed by atoms with Crippen LogP contribution in [0.2, 0.25) is 0 Å². The Morgan fingerprint density at radius 3 is 2.53 bits per heavy atom. The molecule has 0 bridgehead atoms. The zero-order valence-electron chi connectivity index (χ0n) is 12.3. The Hall–Kier alpha value is -0.500. The van der Waals surface area contributed by atoms with Crippen molar-refractivity contribution in [2.75, 3.05) is 6.61 Å². The summed E-state index contributed by atoms with van der Waals surface area (Å²) < 4.78 is 5.83. The maximum Gasteiger partial charge on any atom is 0.123 e. The Morgan fingerprint density at radius 2 is 1.95 bits per heavy atom. The van der Waals surface area contributed by atoms with E-state index in [1.54, 1.807) is 0 Å². The summed E-state index contributed by atoms with van der Waals surface area (Å²) in [7, 11) is 0. The Balaban J connectivity index is 2.36. The first kappa shape index (κ1) is 14.9. The van der Waals surface area contributed by atoms with E-state index in [-0.39, 0.29) is 0 Å². The number of ether oxygens (including phenoxy) is 1. The maximum absolute atomic E-state index is 5.83. The minimum atomic E-state index is 0.411. The first-order chi connectivity index (χ1) is 9.13. The quantitative estimate of drug-likeness (QED) is 0.622. The van der Waals surface area contributed by atoms with Gasteiger partial charge in [0.2, 0.25) is 0 Å². The van der Waals surface area contributed by atoms with Gasteiger partial charge in [0.05, 0.1) is 6.61 Å². The molecule has 2 heteroatoms. The van der Waals surface area contributed by atoms with Gasteiger partial charge in [0.25, 0.3) is 0 Å². The molecule has 1 aliphatic rings. The fraction of sp³-hybridized carbons (Fsp3) is 0.647. The largest absolute Gasteiger partial charge is 0.494 e. The third kappa shape index (κ3) is 2.99. The van der Waals surface area contributed by atoms with Gasteiger partial charge in [-0.25, -0.2) is 0 Å². The zero-order valence-corrected chi connectivity index (χ0v) is 13.9. The van der Waals surface area contributed by atoms with Crippen LogP contribution in [0.1, 0.15) is 61.9 Å². The molecule has 0 N–H and O–H groups in total. The van der Waals surface area contributed by atoms with Crippen molar-refractivity contribution in [1.29, 1.82) is 0 Å². The number of rotatable bonds is 5. The number of alkyl halides is 1. The van der Waals surface area contributed by atoms with Crippen LogP contribution in [-0.2, 0) is 0 Å². The number of hydrogen-bond donors (Lipinski definition) is 0. The molecule has 0 amide bonds. The summed E-state index contributed by atoms with van der Waals surface area (Å²) in [5.41, 5.74) is 3.07. The third-order valence-electron chi connectivity index (χ3n) is 4.58. The summed E-state index contributed by atoms with van der Waals surface area (Å²) in [6, 6.07) is 6.56. The summed E-state index contributed by atoms with van der Waals surface area (Å²) in [6.45, 7) is 7.27. The van der Waals surface area contributed by atoms with Gasteiger partial charge in [-0.2, -0.15) is 0 Å². The first-order valence-corrected chi connectivity index (χ1v) is 8.42. The molecule has 0 heterocycles. The molecule has 1 aliphatic carbocycles. The van der Waals surface area contributed by atoms with E-state index in [9.17, 15) is 0 Å². The summed E-state index contributed by atoms with van der Waals surface area (Å²) in [5, 5.41) is 0. The zero-order chi connectivity index (χ0) is 13.9. The highest BCUT2D eigenvalue weighted by molar-refractivity contribution is 9.09. The summed E-state index contributed by atoms with van der Waals surface area (Å²) in [6.07, 6.45) is 6.64. The van der Waals surface area contributed by atoms with Gasteiger partial charge in [0.15, 0.2) is 0 Å². The van der Waals surface area contributed by atoms with Crippen LogP contribution < -0.4 is 4.74 Å². The lowest BCUT2D eigenvalue weighted by Gasteiger charge is -2.34. The Kier molecular flexibility index (Phi) is 4.94. The molecule has 1 fully saturated rings. The van der Waals surface area contributed by atoms with Crippen LogP contribution in [0.5, 0.6) is 5.75 Å². The number of halogens is 1. The molecular formula is C17H25BrO. The highest BCUT2D eigenvalue weighted by Gasteiger charge is 2.40. The van der Waals surface area contributed by atoms with E-state index in [2.05, 4.69) is 54.9 Å². The number of aryl methyl sites for hydroxylation is 1. The van der Waals surface area contributed by atoms with E-state index in [0.717, 1.165) is 12.4 Å². The average Bonchev–Trinajstić information content (AvgIpc) is 2.90. The maximum atomic E-state index is 5.83. The molecule has 0 saturated heterocycles. The summed E-state index contributed by atoms with van der Waals surface area (Å²) in [4.78, 5) is 0.411. The Labute approximate surface area is 125 Å². The first-order valence-electron chi connectivity index (χ1n) is 7.50. The van der Waals surface area contributed by atoms with Crippen LogP contribution in [0.4, 0.5) is 0 Å². The molecule has 19 heavy (non-hydrogen) atoms. The van der Waals surface area contributed by atoms with E-state index in [1.165, 1.54) is 43.2 Å². The fourth-order valence-corrected chi connectivity index (χ4v) is 4.49. The molecule has 2 rings (SSSR count). The van der Waals surface area contributed by atoms with Gasteiger partial charge in [-0.05, 0) is 44.6 Å². The van der Waals surface area contributed by atoms with Gasteiger partial charge in [0, 0.05) is 10.4 Å². The minimum absolute atomic E-state index is 0.411. The van der Waals surface area contributed by atoms with Crippen molar-refractivity contribution in [3.63, 3.8) is 0 Å². The van der Waals surface area contributed by atoms with Gasteiger partial charge < -0.3 is 4.74 Å². The molecule has 0 aromatic heterocycles. The predicted octanol–water partition coefficient (Wildman–Crippen LogP) is 5.80. The Morgan fingerprint density at radius 1 is 1.26 bits per heavy atom. The van der Waals surface area contributed by atoms with E-state index in [4.69, 9.17) is 4.74 Å². The second kappa shape index (κ2) is 6.30. The molecule has 106 valence electrons. The van der Waals surface area contributed by atoms with Gasteiger partial charge in [0.1, 0.15) is 5.75 Å². The van der Waals surface area contributed by atoms with Crippen LogP contribution in [-0.4, -0.2) is 6.61 Å². The molecule has 1 aromatic carbocycles. The standard InChI is InChI=1S/C17H25BrO/c1-4-17(10-6-7-11-17)16(18)14-12-13(3)8-9-15(14)19-5-2/h8-9,12,16H,4-7,10-11H2,1-3H3. The van der Waals surface area contributed by atoms with Crippen molar-refractivity contribution in [2.24, 2.45) is 5.41 Å². The molecule has 1 nitrogen and oxygen atoms in total. The van der Waals surface area contributed by atoms with Crippen molar-refractivity contribution in [2.45, 2.75) is 57.7 Å². The summed E-state index contributed by atoms with van der Waals surface area (Å²) >= 11 is 4.01. The van der Waals surface area contributed by atoms with Crippen molar-refractivity contribution < 1.29 is 4.74 Å². The van der Waals surface area contributed by atoms with E-state index < -0.39 is 0 Å². The lowest BCUT2D eigenvalue weighted by Crippen LogP contribution is -2.21. The average molecular weight is 325 g/mol. The van der Waals surface area contributed by atoms with Crippen molar-refractivity contribution in [3.8, 4) is 5.75 Å². The van der Waals surface area contributed by atoms with Gasteiger partial charge in [-0.1, -0.05) is 53.4 Å². The topological polar surface area (TPSA) is 9.23 Å². The van der Waals surface area contributed by atoms with Gasteiger partial charge in [-0.3, -0.25) is 0 Å². The minimum Gasteiger partial charge on any atom is -0.494 e. The van der Waals surface area contributed by atoms with Gasteiger partial charge >= 0.3 is 0 Å². The lowest BCUT2D eigenvalue weighted by molar-refractivity contribution is 0.270. The molecular weight excluding hydrogens is 300 g/mol. The van der Waals surface area contributed by atoms with Gasteiger partial charge in [-0.15, -0.1) is 0 Å². The van der Waals surface area contributed by atoms with Crippen LogP contribution in [0.3, 0.4) is 0 Å². The Bertz CT molecular complexity index is 421. The molecule has 0 radical (unpaired) electrons. The van der Waals surface area contributed by atoms with Crippen molar-refractivity contribution >= 4 is 15.9 Å². The smallest absolute Gasteiger partial charge is 0.123 e. The number of hydrogen-bond acceptors (Lipinski definition) is 1. The predicted molar refractivity (Wildman–Crippen MR) is 85.2 cm³/mol. The van der Waals surface area contributed by atoms with Crippen LogP contribution in [0.25, 0.3) is 0 Å². The lowest BCUT2D eigenvalue weighted by atomic mass is 9.77. The van der Waals surface area contributed by atoms with Crippen LogP contribution >= 0.6 is 15.9 Å². The van der Waals surface area contributed by atoms with Crippen molar-refractivity contribution in [3.05, 3.63) is 29.3 Å². The van der Waals surface area contributed by atoms with E-state index >= 15 is 0 Å². The molecule has 0 aliphatic heterocycles. The van der Waals surface area contributed by atoms with Crippen LogP contribution in [0.15, 0.2) is 18.2 Å². The molecule has 0 spiro atoms. The van der Waals surface area contributed by atoms with Crippen molar-refractivity contribution in [1.82, 2.24) is 0 Å². The molecule has 1 saturated carbocycles. The monoisotopic (exact) mass is 324 g/mol. The SMILES string of the molecule is CCOc1ccc(C)cc1C(Br)C1(CC)CCCC1. The molecule has 1 unspecified atom stereocenters. The number of benzene rings is 1. The summed E-state index contributed by atoms with van der Waals surface area (Å²) in [5.74, 6) is 1.05. The second-order valence-corrected chi connectivity index (χ2v) is 6.68. The van der Waals surface area contributed by atoms with E-state index in [1.807, 2.05) is 0 Å². The normalized spacial score (nSPS) is 19.4. The molecule has 1 atom stereocenters. The molecule has 1 aromatic rings. The highest BCUT2D eigenvalue weighted by atomic mass is 79.9.